The minimum Gasteiger partial charge on any atom is -0.382 e. The van der Waals surface area contributed by atoms with Crippen LogP contribution in [0.5, 0.6) is 0 Å². The first-order valence-corrected chi connectivity index (χ1v) is 6.45. The van der Waals surface area contributed by atoms with Crippen LogP contribution in [0.2, 0.25) is 10.0 Å². The van der Waals surface area contributed by atoms with Gasteiger partial charge < -0.3 is 10.6 Å². The van der Waals surface area contributed by atoms with Gasteiger partial charge in [-0.3, -0.25) is 10.1 Å². The van der Waals surface area contributed by atoms with Gasteiger partial charge in [0.15, 0.2) is 0 Å². The zero-order valence-corrected chi connectivity index (χ0v) is 12.0. The third-order valence-electron chi connectivity index (χ3n) is 2.63. The molecule has 104 valence electrons. The first kappa shape index (κ1) is 14.4. The molecule has 0 amide bonds. The third kappa shape index (κ3) is 3.12. The Balaban J connectivity index is 2.45. The zero-order chi connectivity index (χ0) is 14.7. The van der Waals surface area contributed by atoms with Crippen LogP contribution < -0.4 is 10.6 Å². The summed E-state index contributed by atoms with van der Waals surface area (Å²) in [5.74, 6) is 0. The molecule has 0 saturated carbocycles. The maximum atomic E-state index is 11.2. The van der Waals surface area contributed by atoms with Crippen LogP contribution >= 0.6 is 23.2 Å². The molecule has 2 rings (SSSR count). The van der Waals surface area contributed by atoms with E-state index in [0.29, 0.717) is 27.1 Å². The van der Waals surface area contributed by atoms with Crippen molar-refractivity contribution in [1.29, 1.82) is 0 Å². The maximum Gasteiger partial charge on any atom is 0.315 e. The van der Waals surface area contributed by atoms with Crippen LogP contribution in [0.3, 0.4) is 0 Å². The van der Waals surface area contributed by atoms with Crippen molar-refractivity contribution in [3.8, 4) is 0 Å². The number of nitro groups is 1. The van der Waals surface area contributed by atoms with Crippen molar-refractivity contribution in [2.24, 2.45) is 0 Å². The number of nitro benzene ring substituents is 1. The molecule has 7 heteroatoms. The zero-order valence-electron chi connectivity index (χ0n) is 10.5. The van der Waals surface area contributed by atoms with E-state index >= 15 is 0 Å². The fraction of sp³-hybridized carbons (Fsp3) is 0.0769. The van der Waals surface area contributed by atoms with Crippen LogP contribution in [-0.2, 0) is 0 Å². The highest BCUT2D eigenvalue weighted by Crippen LogP contribution is 2.35. The van der Waals surface area contributed by atoms with Gasteiger partial charge in [-0.1, -0.05) is 29.3 Å². The maximum absolute atomic E-state index is 11.2. The van der Waals surface area contributed by atoms with E-state index in [4.69, 9.17) is 23.2 Å². The number of anilines is 3. The molecule has 0 atom stereocenters. The van der Waals surface area contributed by atoms with Gasteiger partial charge in [0.05, 0.1) is 4.92 Å². The molecule has 0 fully saturated rings. The van der Waals surface area contributed by atoms with Crippen molar-refractivity contribution in [3.63, 3.8) is 0 Å². The van der Waals surface area contributed by atoms with Gasteiger partial charge in [-0.05, 0) is 30.3 Å². The molecule has 0 unspecified atom stereocenters. The molecule has 2 aromatic rings. The molecule has 0 saturated heterocycles. The molecule has 0 aliphatic carbocycles. The predicted octanol–water partition coefficient (Wildman–Crippen LogP) is 4.69. The van der Waals surface area contributed by atoms with E-state index in [1.54, 1.807) is 43.4 Å². The fourth-order valence-corrected chi connectivity index (χ4v) is 2.35. The molecule has 5 nitrogen and oxygen atoms in total. The molecule has 0 spiro atoms. The van der Waals surface area contributed by atoms with E-state index in [9.17, 15) is 10.1 Å². The SMILES string of the molecule is CNc1cccc(Nc2cc(Cl)cc(Cl)c2)c1[N+](=O)[O-]. The molecular formula is C13H11Cl2N3O2. The Bertz CT molecular complexity index is 642. The highest BCUT2D eigenvalue weighted by atomic mass is 35.5. The number of hydrogen-bond acceptors (Lipinski definition) is 4. The average molecular weight is 312 g/mol. The highest BCUT2D eigenvalue weighted by Gasteiger charge is 2.19. The summed E-state index contributed by atoms with van der Waals surface area (Å²) in [7, 11) is 1.63. The summed E-state index contributed by atoms with van der Waals surface area (Å²) in [6.07, 6.45) is 0. The van der Waals surface area contributed by atoms with Gasteiger partial charge in [0.25, 0.3) is 0 Å². The number of halogens is 2. The Labute approximate surface area is 125 Å². The standard InChI is InChI=1S/C13H11Cl2N3O2/c1-16-11-3-2-4-12(13(11)18(19)20)17-10-6-8(14)5-9(15)7-10/h2-7,16-17H,1H3. The third-order valence-corrected chi connectivity index (χ3v) is 3.07. The second-order valence-corrected chi connectivity index (χ2v) is 4.86. The monoisotopic (exact) mass is 311 g/mol. The van der Waals surface area contributed by atoms with Crippen LogP contribution in [0.4, 0.5) is 22.7 Å². The average Bonchev–Trinajstić information content (AvgIpc) is 2.36. The topological polar surface area (TPSA) is 67.2 Å². The van der Waals surface area contributed by atoms with Gasteiger partial charge in [0.1, 0.15) is 11.4 Å². The van der Waals surface area contributed by atoms with Gasteiger partial charge in [0.2, 0.25) is 0 Å². The Morgan fingerprint density at radius 1 is 1.10 bits per heavy atom. The van der Waals surface area contributed by atoms with Crippen molar-refractivity contribution in [3.05, 3.63) is 56.6 Å². The van der Waals surface area contributed by atoms with Crippen molar-refractivity contribution in [1.82, 2.24) is 0 Å². The van der Waals surface area contributed by atoms with Crippen LogP contribution in [0.25, 0.3) is 0 Å². The Kier molecular flexibility index (Phi) is 4.32. The summed E-state index contributed by atoms with van der Waals surface area (Å²) in [6, 6.07) is 9.84. The van der Waals surface area contributed by atoms with E-state index in [0.717, 1.165) is 0 Å². The van der Waals surface area contributed by atoms with Crippen LogP contribution in [0.1, 0.15) is 0 Å². The van der Waals surface area contributed by atoms with Gasteiger partial charge in [0, 0.05) is 22.8 Å². The first-order valence-electron chi connectivity index (χ1n) is 5.69. The Morgan fingerprint density at radius 3 is 2.25 bits per heavy atom. The lowest BCUT2D eigenvalue weighted by Crippen LogP contribution is -2.01. The first-order chi connectivity index (χ1) is 9.51. The summed E-state index contributed by atoms with van der Waals surface area (Å²) >= 11 is 11.8. The summed E-state index contributed by atoms with van der Waals surface area (Å²) in [5, 5.41) is 17.9. The van der Waals surface area contributed by atoms with Crippen LogP contribution in [0.15, 0.2) is 36.4 Å². The van der Waals surface area contributed by atoms with E-state index in [1.165, 1.54) is 0 Å². The molecule has 20 heavy (non-hydrogen) atoms. The molecule has 0 aliphatic rings. The second-order valence-electron chi connectivity index (χ2n) is 3.99. The molecule has 0 radical (unpaired) electrons. The van der Waals surface area contributed by atoms with E-state index in [2.05, 4.69) is 10.6 Å². The normalized spacial score (nSPS) is 10.2. The van der Waals surface area contributed by atoms with Gasteiger partial charge in [-0.15, -0.1) is 0 Å². The quantitative estimate of drug-likeness (QED) is 0.635. The number of nitrogens with zero attached hydrogens (tertiary/aromatic N) is 1. The number of nitrogens with one attached hydrogen (secondary N) is 2. The highest BCUT2D eigenvalue weighted by molar-refractivity contribution is 6.35. The summed E-state index contributed by atoms with van der Waals surface area (Å²) in [6.45, 7) is 0. The number of para-hydroxylation sites is 1. The smallest absolute Gasteiger partial charge is 0.315 e. The van der Waals surface area contributed by atoms with E-state index in [1.807, 2.05) is 0 Å². The van der Waals surface area contributed by atoms with Gasteiger partial charge in [-0.2, -0.15) is 0 Å². The van der Waals surface area contributed by atoms with E-state index < -0.39 is 4.92 Å². The van der Waals surface area contributed by atoms with E-state index in [-0.39, 0.29) is 5.69 Å². The van der Waals surface area contributed by atoms with Crippen molar-refractivity contribution < 1.29 is 4.92 Å². The van der Waals surface area contributed by atoms with Crippen LogP contribution in [0, 0.1) is 10.1 Å². The molecule has 0 heterocycles. The lowest BCUT2D eigenvalue weighted by Gasteiger charge is -2.10. The van der Waals surface area contributed by atoms with Crippen molar-refractivity contribution in [2.75, 3.05) is 17.7 Å². The minimum absolute atomic E-state index is 0.0360. The van der Waals surface area contributed by atoms with Crippen LogP contribution in [-0.4, -0.2) is 12.0 Å². The molecule has 2 N–H and O–H groups in total. The number of rotatable bonds is 4. The Morgan fingerprint density at radius 2 is 1.70 bits per heavy atom. The summed E-state index contributed by atoms with van der Waals surface area (Å²) in [5.41, 5.74) is 1.33. The Hall–Kier alpha value is -1.98. The molecule has 0 aliphatic heterocycles. The summed E-state index contributed by atoms with van der Waals surface area (Å²) in [4.78, 5) is 10.8. The van der Waals surface area contributed by atoms with Crippen molar-refractivity contribution >= 4 is 46.0 Å². The second kappa shape index (κ2) is 5.98. The largest absolute Gasteiger partial charge is 0.382 e. The lowest BCUT2D eigenvalue weighted by atomic mass is 10.2. The molecule has 0 bridgehead atoms. The minimum atomic E-state index is -0.444. The molecule has 0 aromatic heterocycles. The summed E-state index contributed by atoms with van der Waals surface area (Å²) < 4.78 is 0. The number of hydrogen-bond donors (Lipinski definition) is 2. The molecular weight excluding hydrogens is 301 g/mol. The number of benzene rings is 2. The fourth-order valence-electron chi connectivity index (χ4n) is 1.82. The molecule has 2 aromatic carbocycles. The van der Waals surface area contributed by atoms with Gasteiger partial charge in [-0.25, -0.2) is 0 Å². The lowest BCUT2D eigenvalue weighted by molar-refractivity contribution is -0.383. The van der Waals surface area contributed by atoms with Crippen molar-refractivity contribution in [2.45, 2.75) is 0 Å². The predicted molar refractivity (Wildman–Crippen MR) is 82.4 cm³/mol. The van der Waals surface area contributed by atoms with Gasteiger partial charge >= 0.3 is 5.69 Å².